The van der Waals surface area contributed by atoms with E-state index in [9.17, 15) is 19.5 Å². The predicted octanol–water partition coefficient (Wildman–Crippen LogP) is 3.02. The molecular weight excluding hydrogens is 518 g/mol. The van der Waals surface area contributed by atoms with Crippen LogP contribution in [0.2, 0.25) is 0 Å². The molecule has 3 N–H and O–H groups in total. The number of alkyl halides is 1. The molecule has 3 unspecified atom stereocenters. The van der Waals surface area contributed by atoms with Crippen molar-refractivity contribution in [1.82, 2.24) is 10.2 Å². The Kier molecular flexibility index (Phi) is 7.64. The molecule has 9 heteroatoms. The van der Waals surface area contributed by atoms with E-state index in [2.05, 4.69) is 33.5 Å². The molecule has 3 amide bonds. The number of nitrogens with zero attached hydrogens (tertiary/aromatic N) is 1. The second-order valence-electron chi connectivity index (χ2n) is 9.90. The van der Waals surface area contributed by atoms with Gasteiger partial charge in [-0.2, -0.15) is 0 Å². The standard InChI is InChI=1S/C25H34BrN3O4S/c1-4-5-11-27-23(32)21-25-12-16(26)20(34-25)18(22(31)28-15-9-7-6-8-10-15)19(25)24(33)29(21)17(13-30)14(2)3/h6-10,14,16-21,30H,4-5,11-13H2,1-3H3,(H,27,32)(H,28,31)/t16?,17-,18+,19-,20+,21?,25?/m0/s1. The third-order valence-corrected chi connectivity index (χ3v) is 10.7. The van der Waals surface area contributed by atoms with Gasteiger partial charge in [0, 0.05) is 22.3 Å². The lowest BCUT2D eigenvalue weighted by atomic mass is 9.70. The highest BCUT2D eigenvalue weighted by atomic mass is 79.9. The smallest absolute Gasteiger partial charge is 0.244 e. The van der Waals surface area contributed by atoms with E-state index in [0.29, 0.717) is 18.7 Å². The SMILES string of the molecule is CCCCNC(=O)C1N([C@@H](CO)C(C)C)C(=O)[C@@H]2[C@@H](C(=O)Nc3ccccc3)[C@@H]3SC12CC3Br. The summed E-state index contributed by atoms with van der Waals surface area (Å²) < 4.78 is -0.701. The minimum absolute atomic E-state index is 0.0191. The first-order valence-electron chi connectivity index (χ1n) is 12.1. The maximum absolute atomic E-state index is 14.0. The first kappa shape index (κ1) is 25.5. The number of nitrogens with one attached hydrogen (secondary N) is 2. The Bertz CT molecular complexity index is 932. The molecule has 1 aromatic rings. The van der Waals surface area contributed by atoms with Gasteiger partial charge >= 0.3 is 0 Å². The lowest BCUT2D eigenvalue weighted by Crippen LogP contribution is -2.58. The number of amides is 3. The average Bonchev–Trinajstić information content (AvgIpc) is 3.39. The van der Waals surface area contributed by atoms with E-state index in [1.165, 1.54) is 0 Å². The van der Waals surface area contributed by atoms with Crippen LogP contribution in [0.1, 0.15) is 40.0 Å². The second kappa shape index (κ2) is 10.2. The zero-order valence-electron chi connectivity index (χ0n) is 19.9. The number of hydrogen-bond donors (Lipinski definition) is 3. The number of rotatable bonds is 9. The minimum atomic E-state index is -0.717. The summed E-state index contributed by atoms with van der Waals surface area (Å²) in [5, 5.41) is 16.2. The van der Waals surface area contributed by atoms with Crippen molar-refractivity contribution in [3.05, 3.63) is 30.3 Å². The lowest BCUT2D eigenvalue weighted by molar-refractivity contribution is -0.143. The lowest BCUT2D eigenvalue weighted by Gasteiger charge is -2.38. The number of carbonyl (C=O) groups excluding carboxylic acids is 3. The van der Waals surface area contributed by atoms with Gasteiger partial charge in [-0.1, -0.05) is 61.3 Å². The molecule has 7 atom stereocenters. The van der Waals surface area contributed by atoms with Crippen LogP contribution in [0.5, 0.6) is 0 Å². The van der Waals surface area contributed by atoms with Crippen LogP contribution >= 0.6 is 27.7 Å². The van der Waals surface area contributed by atoms with E-state index >= 15 is 0 Å². The highest BCUT2D eigenvalue weighted by Gasteiger charge is 2.76. The van der Waals surface area contributed by atoms with Crippen LogP contribution in [-0.2, 0) is 14.4 Å². The normalized spacial score (nSPS) is 32.7. The van der Waals surface area contributed by atoms with Crippen LogP contribution < -0.4 is 10.6 Å². The summed E-state index contributed by atoms with van der Waals surface area (Å²) in [5.41, 5.74) is 0.687. The molecule has 3 heterocycles. The second-order valence-corrected chi connectivity index (χ2v) is 12.6. The van der Waals surface area contributed by atoms with Gasteiger partial charge in [0.1, 0.15) is 6.04 Å². The Balaban J connectivity index is 1.72. The molecule has 1 aromatic carbocycles. The average molecular weight is 553 g/mol. The van der Waals surface area contributed by atoms with E-state index in [0.717, 1.165) is 12.8 Å². The highest BCUT2D eigenvalue weighted by molar-refractivity contribution is 9.09. The van der Waals surface area contributed by atoms with Gasteiger partial charge in [-0.3, -0.25) is 14.4 Å². The van der Waals surface area contributed by atoms with Crippen molar-refractivity contribution in [2.24, 2.45) is 17.8 Å². The number of hydrogen-bond acceptors (Lipinski definition) is 5. The summed E-state index contributed by atoms with van der Waals surface area (Å²) in [7, 11) is 0. The largest absolute Gasteiger partial charge is 0.394 e. The van der Waals surface area contributed by atoms with E-state index in [1.54, 1.807) is 16.7 Å². The third kappa shape index (κ3) is 4.17. The minimum Gasteiger partial charge on any atom is -0.394 e. The Labute approximate surface area is 213 Å². The fraction of sp³-hybridized carbons (Fsp3) is 0.640. The molecule has 3 aliphatic rings. The zero-order chi connectivity index (χ0) is 24.6. The Morgan fingerprint density at radius 3 is 2.59 bits per heavy atom. The number of benzene rings is 1. The molecule has 4 rings (SSSR count). The Morgan fingerprint density at radius 1 is 1.26 bits per heavy atom. The molecule has 186 valence electrons. The van der Waals surface area contributed by atoms with Crippen molar-refractivity contribution in [3.8, 4) is 0 Å². The molecular formula is C25H34BrN3O4S. The fourth-order valence-electron chi connectivity index (χ4n) is 5.88. The molecule has 0 radical (unpaired) electrons. The number of thioether (sulfide) groups is 1. The van der Waals surface area contributed by atoms with Gasteiger partial charge in [0.2, 0.25) is 17.7 Å². The fourth-order valence-corrected chi connectivity index (χ4v) is 9.48. The summed E-state index contributed by atoms with van der Waals surface area (Å²) >= 11 is 5.39. The van der Waals surface area contributed by atoms with Crippen LogP contribution in [0.3, 0.4) is 0 Å². The molecule has 0 saturated carbocycles. The number of anilines is 1. The van der Waals surface area contributed by atoms with Crippen LogP contribution in [0, 0.1) is 17.8 Å². The summed E-state index contributed by atoms with van der Waals surface area (Å²) in [4.78, 5) is 42.8. The van der Waals surface area contributed by atoms with Crippen molar-refractivity contribution in [3.63, 3.8) is 0 Å². The van der Waals surface area contributed by atoms with E-state index < -0.39 is 28.7 Å². The van der Waals surface area contributed by atoms with Crippen molar-refractivity contribution >= 4 is 51.1 Å². The molecule has 3 fully saturated rings. The molecule has 3 aliphatic heterocycles. The highest BCUT2D eigenvalue weighted by Crippen LogP contribution is 2.68. The maximum atomic E-state index is 14.0. The number of aliphatic hydroxyl groups excluding tert-OH is 1. The van der Waals surface area contributed by atoms with Crippen LogP contribution in [-0.4, -0.2) is 67.8 Å². The third-order valence-electron chi connectivity index (χ3n) is 7.46. The van der Waals surface area contributed by atoms with Crippen molar-refractivity contribution in [1.29, 1.82) is 0 Å². The number of aliphatic hydroxyl groups is 1. The summed E-state index contributed by atoms with van der Waals surface area (Å²) in [6, 6.07) is 8.04. The predicted molar refractivity (Wildman–Crippen MR) is 138 cm³/mol. The first-order chi connectivity index (χ1) is 16.3. The molecule has 1 spiro atoms. The summed E-state index contributed by atoms with van der Waals surface area (Å²) in [5.74, 6) is -1.75. The van der Waals surface area contributed by atoms with E-state index in [-0.39, 0.29) is 40.3 Å². The molecule has 2 bridgehead atoms. The Hall–Kier alpha value is -1.58. The van der Waals surface area contributed by atoms with Crippen LogP contribution in [0.25, 0.3) is 0 Å². The topological polar surface area (TPSA) is 98.7 Å². The van der Waals surface area contributed by atoms with Crippen molar-refractivity contribution < 1.29 is 19.5 Å². The number of fused-ring (bicyclic) bond motifs is 1. The number of para-hydroxylation sites is 1. The first-order valence-corrected chi connectivity index (χ1v) is 13.9. The van der Waals surface area contributed by atoms with Gasteiger partial charge in [-0.15, -0.1) is 11.8 Å². The molecule has 0 aromatic heterocycles. The monoisotopic (exact) mass is 551 g/mol. The van der Waals surface area contributed by atoms with Gasteiger partial charge in [-0.05, 0) is 30.9 Å². The van der Waals surface area contributed by atoms with Gasteiger partial charge < -0.3 is 20.6 Å². The molecule has 7 nitrogen and oxygen atoms in total. The molecule has 3 saturated heterocycles. The van der Waals surface area contributed by atoms with Crippen molar-refractivity contribution in [2.75, 3.05) is 18.5 Å². The summed E-state index contributed by atoms with van der Waals surface area (Å²) in [6.45, 7) is 6.28. The Morgan fingerprint density at radius 2 is 1.97 bits per heavy atom. The number of unbranched alkanes of at least 4 members (excludes halogenated alkanes) is 1. The number of likely N-dealkylation sites (tertiary alicyclic amines) is 1. The number of halogens is 1. The van der Waals surface area contributed by atoms with E-state index in [4.69, 9.17) is 0 Å². The molecule has 34 heavy (non-hydrogen) atoms. The van der Waals surface area contributed by atoms with Gasteiger partial charge in [0.15, 0.2) is 0 Å². The van der Waals surface area contributed by atoms with Crippen molar-refractivity contribution in [2.45, 2.75) is 66.9 Å². The number of carbonyl (C=O) groups is 3. The van der Waals surface area contributed by atoms with Gasteiger partial charge in [0.05, 0.1) is 29.2 Å². The van der Waals surface area contributed by atoms with E-state index in [1.807, 2.05) is 44.2 Å². The summed E-state index contributed by atoms with van der Waals surface area (Å²) in [6.07, 6.45) is 2.44. The van der Waals surface area contributed by atoms with Crippen LogP contribution in [0.4, 0.5) is 5.69 Å². The zero-order valence-corrected chi connectivity index (χ0v) is 22.3. The van der Waals surface area contributed by atoms with Crippen LogP contribution in [0.15, 0.2) is 30.3 Å². The van der Waals surface area contributed by atoms with Gasteiger partial charge in [0.25, 0.3) is 0 Å². The molecule has 0 aliphatic carbocycles. The van der Waals surface area contributed by atoms with Gasteiger partial charge in [-0.25, -0.2) is 0 Å². The maximum Gasteiger partial charge on any atom is 0.244 e. The quantitative estimate of drug-likeness (QED) is 0.323.